The van der Waals surface area contributed by atoms with Crippen LogP contribution in [0.2, 0.25) is 0 Å². The fourth-order valence-electron chi connectivity index (χ4n) is 7.45. The van der Waals surface area contributed by atoms with Crippen molar-refractivity contribution in [3.05, 3.63) is 29.8 Å². The van der Waals surface area contributed by atoms with Crippen molar-refractivity contribution in [1.29, 1.82) is 0 Å². The summed E-state index contributed by atoms with van der Waals surface area (Å²) in [5.41, 5.74) is 6.91. The van der Waals surface area contributed by atoms with Crippen LogP contribution in [0.15, 0.2) is 24.3 Å². The molecule has 5 heteroatoms. The molecule has 1 aromatic rings. The van der Waals surface area contributed by atoms with E-state index in [1.54, 1.807) is 0 Å². The van der Waals surface area contributed by atoms with Crippen molar-refractivity contribution in [1.82, 2.24) is 0 Å². The second-order valence-electron chi connectivity index (χ2n) is 11.0. The van der Waals surface area contributed by atoms with E-state index in [9.17, 15) is 0 Å². The zero-order valence-corrected chi connectivity index (χ0v) is 18.6. The van der Waals surface area contributed by atoms with Gasteiger partial charge in [0.1, 0.15) is 5.75 Å². The summed E-state index contributed by atoms with van der Waals surface area (Å²) in [6, 6.07) is 8.58. The molecule has 0 amide bonds. The van der Waals surface area contributed by atoms with Crippen LogP contribution in [0, 0.1) is 29.6 Å². The van der Waals surface area contributed by atoms with Crippen molar-refractivity contribution in [3.63, 3.8) is 0 Å². The second kappa shape index (κ2) is 8.02. The van der Waals surface area contributed by atoms with Crippen LogP contribution in [0.5, 0.6) is 5.75 Å². The molecule has 0 atom stereocenters. The molecule has 0 aromatic heterocycles. The summed E-state index contributed by atoms with van der Waals surface area (Å²) < 4.78 is 12.6. The summed E-state index contributed by atoms with van der Waals surface area (Å²) in [7, 11) is 0. The van der Waals surface area contributed by atoms with E-state index in [1.165, 1.54) is 37.7 Å². The van der Waals surface area contributed by atoms with Gasteiger partial charge in [-0.15, -0.1) is 0 Å². The molecule has 2 spiro atoms. The molecule has 1 saturated heterocycles. The average molecular weight is 428 g/mol. The van der Waals surface area contributed by atoms with Gasteiger partial charge in [0.2, 0.25) is 11.6 Å². The number of nitrogens with two attached hydrogens (primary N) is 1. The molecular weight excluding hydrogens is 390 g/mol. The number of hydrogen-bond acceptors (Lipinski definition) is 5. The van der Waals surface area contributed by atoms with Gasteiger partial charge in [-0.05, 0) is 99.8 Å². The Morgan fingerprint density at radius 2 is 1.58 bits per heavy atom. The van der Waals surface area contributed by atoms with E-state index in [0.29, 0.717) is 30.9 Å². The van der Waals surface area contributed by atoms with E-state index in [1.807, 2.05) is 0 Å². The Bertz CT molecular complexity index is 742. The van der Waals surface area contributed by atoms with E-state index < -0.39 is 11.6 Å². The normalized spacial score (nSPS) is 43.2. The first-order valence-corrected chi connectivity index (χ1v) is 12.7. The van der Waals surface area contributed by atoms with Gasteiger partial charge in [-0.2, -0.15) is 9.78 Å². The molecule has 2 N–H and O–H groups in total. The lowest BCUT2D eigenvalue weighted by molar-refractivity contribution is -0.390. The number of ether oxygens (including phenoxy) is 2. The Kier molecular flexibility index (Phi) is 5.29. The monoisotopic (exact) mass is 427 g/mol. The molecule has 1 aromatic carbocycles. The largest absolute Gasteiger partial charge is 0.494 e. The first kappa shape index (κ1) is 20.5. The smallest absolute Gasteiger partial charge is 0.210 e. The number of benzene rings is 1. The predicted molar refractivity (Wildman–Crippen MR) is 117 cm³/mol. The van der Waals surface area contributed by atoms with E-state index in [-0.39, 0.29) is 0 Å². The molecule has 31 heavy (non-hydrogen) atoms. The molecular formula is C26H37NO4. The van der Waals surface area contributed by atoms with Crippen LogP contribution >= 0.6 is 0 Å². The predicted octanol–water partition coefficient (Wildman–Crippen LogP) is 4.97. The summed E-state index contributed by atoms with van der Waals surface area (Å²) in [4.78, 5) is 12.2. The summed E-state index contributed by atoms with van der Waals surface area (Å²) in [5.74, 6) is 3.60. The highest BCUT2D eigenvalue weighted by atomic mass is 17.3. The molecule has 1 heterocycles. The van der Waals surface area contributed by atoms with Gasteiger partial charge in [-0.1, -0.05) is 12.1 Å². The molecule has 0 radical (unpaired) electrons. The Morgan fingerprint density at radius 3 is 2.23 bits per heavy atom. The first-order chi connectivity index (χ1) is 15.2. The molecule has 7 rings (SSSR count). The lowest BCUT2D eigenvalue weighted by atomic mass is 9.53. The molecule has 5 saturated carbocycles. The van der Waals surface area contributed by atoms with Crippen LogP contribution in [-0.4, -0.2) is 24.7 Å². The summed E-state index contributed by atoms with van der Waals surface area (Å²) in [5, 5.41) is 0. The maximum atomic E-state index is 6.85. The summed E-state index contributed by atoms with van der Waals surface area (Å²) in [6.45, 7) is 1.36. The van der Waals surface area contributed by atoms with Gasteiger partial charge in [-0.3, -0.25) is 0 Å². The highest BCUT2D eigenvalue weighted by Gasteiger charge is 2.66. The highest BCUT2D eigenvalue weighted by molar-refractivity contribution is 5.27. The first-order valence-electron chi connectivity index (χ1n) is 12.7. The van der Waals surface area contributed by atoms with Gasteiger partial charge >= 0.3 is 0 Å². The minimum Gasteiger partial charge on any atom is -0.494 e. The van der Waals surface area contributed by atoms with Crippen LogP contribution < -0.4 is 10.5 Å². The zero-order valence-electron chi connectivity index (χ0n) is 18.6. The van der Waals surface area contributed by atoms with Crippen molar-refractivity contribution in [2.45, 2.75) is 82.2 Å². The van der Waals surface area contributed by atoms with Gasteiger partial charge < -0.3 is 15.2 Å². The standard InChI is InChI=1S/C26H37NO4/c27-10-1-11-28-24-4-2-18(3-5-24)12-19-6-8-25(9-7-19)29-26(31-30-25)22-14-20-13-21(16-22)17-23(26)15-20/h2-5,19-23H,1,6-17,27H2/t19-,20?,21?,22?,23?,25+,26-. The molecule has 1 aliphatic heterocycles. The van der Waals surface area contributed by atoms with E-state index in [4.69, 9.17) is 25.0 Å². The molecule has 5 nitrogen and oxygen atoms in total. The Labute approximate surface area is 185 Å². The van der Waals surface area contributed by atoms with Gasteiger partial charge in [-0.25, -0.2) is 0 Å². The van der Waals surface area contributed by atoms with E-state index in [2.05, 4.69) is 24.3 Å². The minimum absolute atomic E-state index is 0.431. The van der Waals surface area contributed by atoms with Crippen molar-refractivity contribution in [2.24, 2.45) is 35.3 Å². The second-order valence-corrected chi connectivity index (χ2v) is 11.0. The number of rotatable bonds is 6. The van der Waals surface area contributed by atoms with Crippen LogP contribution in [0.4, 0.5) is 0 Å². The van der Waals surface area contributed by atoms with Gasteiger partial charge in [0.25, 0.3) is 0 Å². The van der Waals surface area contributed by atoms with Crippen LogP contribution in [0.3, 0.4) is 0 Å². The van der Waals surface area contributed by atoms with Crippen LogP contribution in [0.25, 0.3) is 0 Å². The maximum Gasteiger partial charge on any atom is 0.210 e. The fourth-order valence-corrected chi connectivity index (χ4v) is 7.45. The molecule has 4 bridgehead atoms. The van der Waals surface area contributed by atoms with Gasteiger partial charge in [0.15, 0.2) is 0 Å². The third-order valence-corrected chi connectivity index (χ3v) is 8.88. The van der Waals surface area contributed by atoms with Crippen molar-refractivity contribution in [2.75, 3.05) is 13.2 Å². The Morgan fingerprint density at radius 1 is 0.903 bits per heavy atom. The lowest BCUT2D eigenvalue weighted by Crippen LogP contribution is -2.59. The van der Waals surface area contributed by atoms with E-state index in [0.717, 1.165) is 56.1 Å². The van der Waals surface area contributed by atoms with Crippen molar-refractivity contribution >= 4 is 0 Å². The third kappa shape index (κ3) is 3.72. The lowest BCUT2D eigenvalue weighted by Gasteiger charge is -2.57. The van der Waals surface area contributed by atoms with E-state index >= 15 is 0 Å². The molecule has 6 aliphatic rings. The maximum absolute atomic E-state index is 6.85. The van der Waals surface area contributed by atoms with Gasteiger partial charge in [0, 0.05) is 24.7 Å². The SMILES string of the molecule is NCCCOc1ccc(C[C@H]2CC[C@]3(CC2)OO[C@]2(O3)C3CC4CC(C3)CC2C4)cc1. The quantitative estimate of drug-likeness (QED) is 0.513. The molecule has 170 valence electrons. The van der Waals surface area contributed by atoms with Crippen molar-refractivity contribution in [3.8, 4) is 5.75 Å². The van der Waals surface area contributed by atoms with Crippen LogP contribution in [-0.2, 0) is 20.9 Å². The molecule has 0 unspecified atom stereocenters. The minimum atomic E-state index is -0.493. The molecule has 6 fully saturated rings. The number of hydrogen-bond donors (Lipinski definition) is 1. The summed E-state index contributed by atoms with van der Waals surface area (Å²) in [6.07, 6.45) is 12.7. The van der Waals surface area contributed by atoms with Crippen LogP contribution in [0.1, 0.15) is 69.8 Å². The Hall–Kier alpha value is -1.14. The fraction of sp³-hybridized carbons (Fsp3) is 0.769. The Balaban J connectivity index is 1.04. The summed E-state index contributed by atoms with van der Waals surface area (Å²) >= 11 is 0. The van der Waals surface area contributed by atoms with Gasteiger partial charge in [0.05, 0.1) is 6.61 Å². The third-order valence-electron chi connectivity index (χ3n) is 8.88. The average Bonchev–Trinajstić information content (AvgIpc) is 3.15. The topological polar surface area (TPSA) is 62.9 Å². The highest BCUT2D eigenvalue weighted by Crippen LogP contribution is 2.63. The van der Waals surface area contributed by atoms with Crippen molar-refractivity contribution < 1.29 is 19.2 Å². The zero-order chi connectivity index (χ0) is 20.9. The molecule has 5 aliphatic carbocycles.